The molecule has 0 heterocycles. The topological polar surface area (TPSA) is 128 Å². The normalized spacial score (nSPS) is 10.9. The number of ether oxygens (including phenoxy) is 1. The Balaban J connectivity index is 4.09. The maximum Gasteiger partial charge on any atom is 0.407 e. The van der Waals surface area contributed by atoms with Crippen molar-refractivity contribution in [1.29, 1.82) is 0 Å². The van der Waals surface area contributed by atoms with Crippen LogP contribution in [0.3, 0.4) is 0 Å². The van der Waals surface area contributed by atoms with E-state index in [1.54, 1.807) is 6.08 Å². The highest BCUT2D eigenvalue weighted by Gasteiger charge is 2.18. The molecule has 0 spiro atoms. The molecule has 9 nitrogen and oxygen atoms in total. The molecule has 9 heteroatoms. The lowest BCUT2D eigenvalue weighted by atomic mass is 10.3. The molecule has 0 aliphatic rings. The van der Waals surface area contributed by atoms with E-state index in [2.05, 4.69) is 32.6 Å². The van der Waals surface area contributed by atoms with Crippen LogP contribution in [0.2, 0.25) is 0 Å². The molecule has 0 bridgehead atoms. The van der Waals surface area contributed by atoms with Crippen molar-refractivity contribution in [2.75, 3.05) is 32.8 Å². The number of nitrogens with one attached hydrogen (secondary N) is 3. The largest absolute Gasteiger partial charge is 0.449 e. The summed E-state index contributed by atoms with van der Waals surface area (Å²) in [5.74, 6) is -0.489. The summed E-state index contributed by atoms with van der Waals surface area (Å²) < 4.78 is 4.82. The first-order valence-corrected chi connectivity index (χ1v) is 6.69. The Bertz CT molecular complexity index is 381. The zero-order chi connectivity index (χ0) is 15.9. The Morgan fingerprint density at radius 3 is 2.76 bits per heavy atom. The fraction of sp³-hybridized carbons (Fsp3) is 0.667. The lowest BCUT2D eigenvalue weighted by molar-refractivity contribution is -0.123. The molecule has 1 unspecified atom stereocenters. The maximum atomic E-state index is 11.8. The number of alkyl carbamates (subject to hydrolysis) is 1. The molecule has 3 N–H and O–H groups in total. The fourth-order valence-corrected chi connectivity index (χ4v) is 1.25. The molecule has 0 aromatic heterocycles. The summed E-state index contributed by atoms with van der Waals surface area (Å²) >= 11 is 0. The summed E-state index contributed by atoms with van der Waals surface area (Å²) in [7, 11) is 0. The molecule has 21 heavy (non-hydrogen) atoms. The first kappa shape index (κ1) is 18.8. The van der Waals surface area contributed by atoms with Crippen molar-refractivity contribution in [2.24, 2.45) is 5.11 Å². The van der Waals surface area contributed by atoms with Crippen LogP contribution in [0.5, 0.6) is 0 Å². The van der Waals surface area contributed by atoms with Gasteiger partial charge in [-0.3, -0.25) is 4.79 Å². The van der Waals surface area contributed by atoms with Gasteiger partial charge in [-0.1, -0.05) is 18.1 Å². The van der Waals surface area contributed by atoms with Crippen LogP contribution in [-0.2, 0) is 9.53 Å². The standard InChI is InChI=1S/C12H22N6O3/c1-3-5-14-7-8-15-11(19)10(17-18-13)9-21-12(20)16-6-4-2/h3,10,14H,1,4-9H2,2H3,(H,15,19)(H,16,20). The average Bonchev–Trinajstić information content (AvgIpc) is 2.48. The van der Waals surface area contributed by atoms with Gasteiger partial charge in [0, 0.05) is 31.1 Å². The maximum absolute atomic E-state index is 11.8. The van der Waals surface area contributed by atoms with Crippen LogP contribution in [0.1, 0.15) is 13.3 Å². The zero-order valence-corrected chi connectivity index (χ0v) is 12.2. The Kier molecular flexibility index (Phi) is 11.4. The number of hydrogen-bond acceptors (Lipinski definition) is 5. The van der Waals surface area contributed by atoms with E-state index in [0.717, 1.165) is 6.42 Å². The Morgan fingerprint density at radius 2 is 2.14 bits per heavy atom. The smallest absolute Gasteiger partial charge is 0.407 e. The third-order valence-electron chi connectivity index (χ3n) is 2.27. The molecule has 2 amide bonds. The van der Waals surface area contributed by atoms with Crippen LogP contribution in [0.15, 0.2) is 17.8 Å². The minimum Gasteiger partial charge on any atom is -0.449 e. The van der Waals surface area contributed by atoms with Gasteiger partial charge in [0.05, 0.1) is 0 Å². The molecule has 0 aromatic rings. The third kappa shape index (κ3) is 10.2. The second-order valence-electron chi connectivity index (χ2n) is 4.03. The van der Waals surface area contributed by atoms with Crippen molar-refractivity contribution in [2.45, 2.75) is 19.4 Å². The van der Waals surface area contributed by atoms with E-state index < -0.39 is 18.0 Å². The van der Waals surface area contributed by atoms with Crippen molar-refractivity contribution in [1.82, 2.24) is 16.0 Å². The molecule has 1 atom stereocenters. The van der Waals surface area contributed by atoms with E-state index in [1.807, 2.05) is 6.92 Å². The molecule has 0 aliphatic carbocycles. The minimum atomic E-state index is -1.08. The summed E-state index contributed by atoms with van der Waals surface area (Å²) in [5.41, 5.74) is 8.43. The van der Waals surface area contributed by atoms with E-state index >= 15 is 0 Å². The molecule has 118 valence electrons. The summed E-state index contributed by atoms with van der Waals surface area (Å²) in [6, 6.07) is -1.08. The van der Waals surface area contributed by atoms with Gasteiger partial charge in [0.25, 0.3) is 0 Å². The highest BCUT2D eigenvalue weighted by atomic mass is 16.5. The van der Waals surface area contributed by atoms with Gasteiger partial charge >= 0.3 is 6.09 Å². The van der Waals surface area contributed by atoms with Gasteiger partial charge in [0.2, 0.25) is 5.91 Å². The Hall–Kier alpha value is -2.25. The van der Waals surface area contributed by atoms with Crippen molar-refractivity contribution in [3.8, 4) is 0 Å². The second-order valence-corrected chi connectivity index (χ2v) is 4.03. The lowest BCUT2D eigenvalue weighted by Gasteiger charge is -2.12. The molecule has 0 saturated heterocycles. The number of amides is 2. The summed E-state index contributed by atoms with van der Waals surface area (Å²) in [4.78, 5) is 25.6. The second kappa shape index (κ2) is 12.8. The number of hydrogen-bond donors (Lipinski definition) is 3. The highest BCUT2D eigenvalue weighted by molar-refractivity contribution is 5.82. The minimum absolute atomic E-state index is 0.300. The van der Waals surface area contributed by atoms with E-state index in [1.165, 1.54) is 0 Å². The number of carbonyl (C=O) groups excluding carboxylic acids is 2. The van der Waals surface area contributed by atoms with Crippen molar-refractivity contribution >= 4 is 12.0 Å². The average molecular weight is 298 g/mol. The quantitative estimate of drug-likeness (QED) is 0.170. The number of nitrogens with zero attached hydrogens (tertiary/aromatic N) is 3. The molecular formula is C12H22N6O3. The Morgan fingerprint density at radius 1 is 1.38 bits per heavy atom. The van der Waals surface area contributed by atoms with E-state index in [-0.39, 0.29) is 6.61 Å². The number of azide groups is 1. The summed E-state index contributed by atoms with van der Waals surface area (Å²) in [5, 5.41) is 11.4. The van der Waals surface area contributed by atoms with E-state index in [0.29, 0.717) is 26.2 Å². The van der Waals surface area contributed by atoms with Gasteiger partial charge in [-0.2, -0.15) is 0 Å². The SMILES string of the molecule is C=CCNCCNC(=O)C(COC(=O)NCCC)N=[N+]=[N-]. The van der Waals surface area contributed by atoms with Gasteiger partial charge in [-0.05, 0) is 12.0 Å². The van der Waals surface area contributed by atoms with Gasteiger partial charge in [-0.25, -0.2) is 4.79 Å². The molecule has 0 fully saturated rings. The summed E-state index contributed by atoms with van der Waals surface area (Å²) in [6.45, 7) is 7.18. The van der Waals surface area contributed by atoms with Gasteiger partial charge in [0.1, 0.15) is 6.61 Å². The van der Waals surface area contributed by atoms with Crippen LogP contribution < -0.4 is 16.0 Å². The van der Waals surface area contributed by atoms with Crippen LogP contribution in [0, 0.1) is 0 Å². The first-order valence-electron chi connectivity index (χ1n) is 6.69. The van der Waals surface area contributed by atoms with E-state index in [9.17, 15) is 9.59 Å². The lowest BCUT2D eigenvalue weighted by Crippen LogP contribution is -2.40. The molecule has 0 rings (SSSR count). The van der Waals surface area contributed by atoms with Gasteiger partial charge in [0.15, 0.2) is 6.04 Å². The van der Waals surface area contributed by atoms with Crippen LogP contribution >= 0.6 is 0 Å². The first-order chi connectivity index (χ1) is 10.2. The van der Waals surface area contributed by atoms with Gasteiger partial charge in [-0.15, -0.1) is 6.58 Å². The molecule has 0 aliphatic heterocycles. The Labute approximate surface area is 123 Å². The van der Waals surface area contributed by atoms with Gasteiger partial charge < -0.3 is 20.7 Å². The highest BCUT2D eigenvalue weighted by Crippen LogP contribution is 1.95. The van der Waals surface area contributed by atoms with E-state index in [4.69, 9.17) is 10.3 Å². The predicted octanol–water partition coefficient (Wildman–Crippen LogP) is 0.693. The predicted molar refractivity (Wildman–Crippen MR) is 78.7 cm³/mol. The van der Waals surface area contributed by atoms with Crippen LogP contribution in [-0.4, -0.2) is 50.8 Å². The van der Waals surface area contributed by atoms with Crippen molar-refractivity contribution < 1.29 is 14.3 Å². The fourth-order valence-electron chi connectivity index (χ4n) is 1.25. The van der Waals surface area contributed by atoms with Crippen molar-refractivity contribution in [3.05, 3.63) is 23.1 Å². The van der Waals surface area contributed by atoms with Crippen LogP contribution in [0.25, 0.3) is 10.4 Å². The molecule has 0 radical (unpaired) electrons. The number of carbonyl (C=O) groups is 2. The molecular weight excluding hydrogens is 276 g/mol. The van der Waals surface area contributed by atoms with Crippen molar-refractivity contribution in [3.63, 3.8) is 0 Å². The molecule has 0 saturated carbocycles. The molecule has 0 aromatic carbocycles. The zero-order valence-electron chi connectivity index (χ0n) is 12.2. The summed E-state index contributed by atoms with van der Waals surface area (Å²) in [6.07, 6.45) is 1.83. The number of rotatable bonds is 11. The monoisotopic (exact) mass is 298 g/mol. The van der Waals surface area contributed by atoms with Crippen LogP contribution in [0.4, 0.5) is 4.79 Å². The third-order valence-corrected chi connectivity index (χ3v) is 2.27.